The summed E-state index contributed by atoms with van der Waals surface area (Å²) in [6.07, 6.45) is 5.97. The number of pyridine rings is 1. The van der Waals surface area contributed by atoms with Gasteiger partial charge in [0.1, 0.15) is 0 Å². The number of carbonyl (C=O) groups excluding carboxylic acids is 1. The summed E-state index contributed by atoms with van der Waals surface area (Å²) in [5.74, 6) is -1.07. The number of hydrogen-bond donors (Lipinski definition) is 1. The lowest BCUT2D eigenvalue weighted by atomic mass is 10.2. The van der Waals surface area contributed by atoms with Gasteiger partial charge in [0.2, 0.25) is 5.91 Å². The predicted molar refractivity (Wildman–Crippen MR) is 71.8 cm³/mol. The van der Waals surface area contributed by atoms with Gasteiger partial charge < -0.3 is 14.7 Å². The van der Waals surface area contributed by atoms with E-state index in [1.165, 1.54) is 6.08 Å². The van der Waals surface area contributed by atoms with Crippen molar-refractivity contribution in [2.75, 3.05) is 19.7 Å². The summed E-state index contributed by atoms with van der Waals surface area (Å²) in [5.41, 5.74) is 0.844. The van der Waals surface area contributed by atoms with Crippen LogP contribution in [-0.4, -0.2) is 52.7 Å². The molecule has 0 bridgehead atoms. The number of hydrogen-bond acceptors (Lipinski definition) is 4. The molecule has 0 aliphatic carbocycles. The van der Waals surface area contributed by atoms with Crippen LogP contribution in [0.1, 0.15) is 12.0 Å². The first-order valence-electron chi connectivity index (χ1n) is 6.35. The van der Waals surface area contributed by atoms with Crippen molar-refractivity contribution in [2.24, 2.45) is 0 Å². The van der Waals surface area contributed by atoms with Gasteiger partial charge in [0, 0.05) is 31.6 Å². The molecule has 1 fully saturated rings. The van der Waals surface area contributed by atoms with Gasteiger partial charge >= 0.3 is 5.97 Å². The van der Waals surface area contributed by atoms with E-state index in [4.69, 9.17) is 9.84 Å². The lowest BCUT2D eigenvalue weighted by molar-refractivity contribution is -0.145. The summed E-state index contributed by atoms with van der Waals surface area (Å²) in [7, 11) is 0. The third-order valence-electron chi connectivity index (χ3n) is 2.96. The first-order chi connectivity index (χ1) is 9.65. The monoisotopic (exact) mass is 276 g/mol. The zero-order valence-electron chi connectivity index (χ0n) is 10.9. The molecule has 106 valence electrons. The van der Waals surface area contributed by atoms with Crippen molar-refractivity contribution in [2.45, 2.75) is 12.5 Å². The van der Waals surface area contributed by atoms with Crippen LogP contribution >= 0.6 is 0 Å². The Morgan fingerprint density at radius 1 is 1.55 bits per heavy atom. The Bertz CT molecular complexity index is 501. The average molecular weight is 276 g/mol. The van der Waals surface area contributed by atoms with Crippen LogP contribution in [0.2, 0.25) is 0 Å². The zero-order valence-corrected chi connectivity index (χ0v) is 10.9. The van der Waals surface area contributed by atoms with E-state index in [1.807, 2.05) is 6.07 Å². The van der Waals surface area contributed by atoms with Gasteiger partial charge in [-0.15, -0.1) is 0 Å². The Morgan fingerprint density at radius 3 is 3.10 bits per heavy atom. The Morgan fingerprint density at radius 2 is 2.40 bits per heavy atom. The fourth-order valence-electron chi connectivity index (χ4n) is 1.99. The quantitative estimate of drug-likeness (QED) is 0.823. The molecule has 1 aromatic heterocycles. The summed E-state index contributed by atoms with van der Waals surface area (Å²) >= 11 is 0. The van der Waals surface area contributed by atoms with Gasteiger partial charge in [0.05, 0.1) is 19.1 Å². The van der Waals surface area contributed by atoms with Crippen LogP contribution < -0.4 is 0 Å². The van der Waals surface area contributed by atoms with Gasteiger partial charge in [0.25, 0.3) is 0 Å². The van der Waals surface area contributed by atoms with Crippen molar-refractivity contribution >= 4 is 18.0 Å². The third kappa shape index (κ3) is 4.17. The number of carboxylic acids is 1. The number of aromatic nitrogens is 1. The van der Waals surface area contributed by atoms with Crippen molar-refractivity contribution in [3.05, 3.63) is 36.2 Å². The number of carbonyl (C=O) groups is 2. The summed E-state index contributed by atoms with van der Waals surface area (Å²) in [6.45, 7) is 1.15. The highest BCUT2D eigenvalue weighted by Gasteiger charge is 2.24. The molecular weight excluding hydrogens is 260 g/mol. The van der Waals surface area contributed by atoms with Gasteiger partial charge in [-0.1, -0.05) is 6.07 Å². The molecule has 0 unspecified atom stereocenters. The molecule has 1 aliphatic heterocycles. The normalized spacial score (nSPS) is 19.2. The molecule has 2 rings (SSSR count). The maximum Gasteiger partial charge on any atom is 0.306 e. The molecule has 1 amide bonds. The van der Waals surface area contributed by atoms with Crippen LogP contribution in [0, 0.1) is 0 Å². The van der Waals surface area contributed by atoms with E-state index in [0.717, 1.165) is 5.56 Å². The summed E-state index contributed by atoms with van der Waals surface area (Å²) in [6, 6.07) is 3.64. The molecule has 0 radical (unpaired) electrons. The van der Waals surface area contributed by atoms with Crippen molar-refractivity contribution in [1.29, 1.82) is 0 Å². The van der Waals surface area contributed by atoms with E-state index < -0.39 is 12.1 Å². The second-order valence-electron chi connectivity index (χ2n) is 4.49. The smallest absolute Gasteiger partial charge is 0.306 e. The number of carboxylic acid groups (broad SMARTS) is 1. The molecule has 20 heavy (non-hydrogen) atoms. The summed E-state index contributed by atoms with van der Waals surface area (Å²) in [4.78, 5) is 28.2. The molecule has 6 heteroatoms. The molecule has 1 aromatic rings. The van der Waals surface area contributed by atoms with Crippen molar-refractivity contribution < 1.29 is 19.4 Å². The maximum absolute atomic E-state index is 12.0. The Hall–Kier alpha value is -2.21. The fourth-order valence-corrected chi connectivity index (χ4v) is 1.99. The molecule has 1 aliphatic rings. The van der Waals surface area contributed by atoms with Crippen molar-refractivity contribution in [3.8, 4) is 0 Å². The van der Waals surface area contributed by atoms with Crippen molar-refractivity contribution in [1.82, 2.24) is 9.88 Å². The number of amides is 1. The van der Waals surface area contributed by atoms with Crippen LogP contribution in [0.15, 0.2) is 30.6 Å². The highest BCUT2D eigenvalue weighted by Crippen LogP contribution is 2.10. The zero-order chi connectivity index (χ0) is 14.4. The first-order valence-corrected chi connectivity index (χ1v) is 6.35. The molecule has 0 aromatic carbocycles. The summed E-state index contributed by atoms with van der Waals surface area (Å²) in [5, 5.41) is 8.74. The SMILES string of the molecule is O=C(O)C[C@H]1CN(C(=O)/C=C\c2cccnc2)CCO1. The minimum absolute atomic E-state index is 0.0872. The molecule has 2 heterocycles. The Balaban J connectivity index is 1.92. The molecule has 0 saturated carbocycles. The molecular formula is C14H16N2O4. The molecule has 1 N–H and O–H groups in total. The average Bonchev–Trinajstić information content (AvgIpc) is 2.45. The van der Waals surface area contributed by atoms with Gasteiger partial charge in [-0.3, -0.25) is 14.6 Å². The molecule has 0 spiro atoms. The number of ether oxygens (including phenoxy) is 1. The minimum Gasteiger partial charge on any atom is -0.481 e. The van der Waals surface area contributed by atoms with Crippen LogP contribution in [0.5, 0.6) is 0 Å². The Kier molecular flexibility index (Phi) is 4.84. The second kappa shape index (κ2) is 6.81. The van der Waals surface area contributed by atoms with E-state index >= 15 is 0 Å². The first kappa shape index (κ1) is 14.2. The molecule has 6 nitrogen and oxygen atoms in total. The lowest BCUT2D eigenvalue weighted by Crippen LogP contribution is -2.45. The largest absolute Gasteiger partial charge is 0.481 e. The third-order valence-corrected chi connectivity index (χ3v) is 2.96. The topological polar surface area (TPSA) is 79.7 Å². The lowest BCUT2D eigenvalue weighted by Gasteiger charge is -2.31. The standard InChI is InChI=1S/C14H16N2O4/c17-13(4-3-11-2-1-5-15-9-11)16-6-7-20-12(10-16)8-14(18)19/h1-5,9,12H,6-8,10H2,(H,18,19)/b4-3-/t12-/m0/s1. The van der Waals surface area contributed by atoms with Gasteiger partial charge in [-0.2, -0.15) is 0 Å². The number of rotatable bonds is 4. The number of nitrogens with zero attached hydrogens (tertiary/aromatic N) is 2. The maximum atomic E-state index is 12.0. The van der Waals surface area contributed by atoms with E-state index in [0.29, 0.717) is 19.7 Å². The fraction of sp³-hybridized carbons (Fsp3) is 0.357. The summed E-state index contributed by atoms with van der Waals surface area (Å²) < 4.78 is 5.32. The van der Waals surface area contributed by atoms with Crippen LogP contribution in [-0.2, 0) is 14.3 Å². The minimum atomic E-state index is -0.921. The predicted octanol–water partition coefficient (Wildman–Crippen LogP) is 0.797. The number of aliphatic carboxylic acids is 1. The van der Waals surface area contributed by atoms with Crippen LogP contribution in [0.4, 0.5) is 0 Å². The van der Waals surface area contributed by atoms with Crippen LogP contribution in [0.3, 0.4) is 0 Å². The van der Waals surface area contributed by atoms with E-state index in [9.17, 15) is 9.59 Å². The van der Waals surface area contributed by atoms with Crippen molar-refractivity contribution in [3.63, 3.8) is 0 Å². The second-order valence-corrected chi connectivity index (χ2v) is 4.49. The molecule has 1 atom stereocenters. The van der Waals surface area contributed by atoms with Crippen LogP contribution in [0.25, 0.3) is 6.08 Å². The number of morpholine rings is 1. The highest BCUT2D eigenvalue weighted by atomic mass is 16.5. The van der Waals surface area contributed by atoms with Gasteiger partial charge in [-0.25, -0.2) is 0 Å². The van der Waals surface area contributed by atoms with E-state index in [1.54, 1.807) is 29.4 Å². The van der Waals surface area contributed by atoms with E-state index in [2.05, 4.69) is 4.98 Å². The van der Waals surface area contributed by atoms with E-state index in [-0.39, 0.29) is 12.3 Å². The molecule has 1 saturated heterocycles. The van der Waals surface area contributed by atoms with Gasteiger partial charge in [-0.05, 0) is 17.7 Å². The Labute approximate surface area is 116 Å². The van der Waals surface area contributed by atoms with Gasteiger partial charge in [0.15, 0.2) is 0 Å². The highest BCUT2D eigenvalue weighted by molar-refractivity contribution is 5.91.